The van der Waals surface area contributed by atoms with Gasteiger partial charge in [0.25, 0.3) is 0 Å². The van der Waals surface area contributed by atoms with E-state index >= 15 is 0 Å². The molecule has 22 heavy (non-hydrogen) atoms. The minimum Gasteiger partial charge on any atom is -0.383 e. The zero-order valence-electron chi connectivity index (χ0n) is 12.5. The fourth-order valence-corrected chi connectivity index (χ4v) is 5.31. The first-order chi connectivity index (χ1) is 10.5. The molecule has 3 heterocycles. The summed E-state index contributed by atoms with van der Waals surface area (Å²) in [6.45, 7) is 2.40. The Morgan fingerprint density at radius 1 is 1.27 bits per heavy atom. The van der Waals surface area contributed by atoms with Crippen LogP contribution in [0.4, 0.5) is 11.5 Å². The van der Waals surface area contributed by atoms with Crippen molar-refractivity contribution >= 4 is 33.1 Å². The van der Waals surface area contributed by atoms with Crippen LogP contribution in [0, 0.1) is 0 Å². The van der Waals surface area contributed by atoms with Gasteiger partial charge >= 0.3 is 0 Å². The summed E-state index contributed by atoms with van der Waals surface area (Å²) >= 11 is 6.07. The molecular formula is C13H20ClN5O2S. The van der Waals surface area contributed by atoms with E-state index in [2.05, 4.69) is 15.3 Å². The van der Waals surface area contributed by atoms with Gasteiger partial charge in [0.2, 0.25) is 10.0 Å². The quantitative estimate of drug-likeness (QED) is 0.825. The number of nitrogens with zero attached hydrogens (tertiary/aromatic N) is 4. The molecule has 0 radical (unpaired) electrons. The summed E-state index contributed by atoms with van der Waals surface area (Å²) in [4.78, 5) is 10.2. The molecular weight excluding hydrogens is 326 g/mol. The lowest BCUT2D eigenvalue weighted by molar-refractivity contribution is 0.467. The number of nitrogens with one attached hydrogen (secondary N) is 1. The van der Waals surface area contributed by atoms with Crippen LogP contribution in [-0.2, 0) is 10.0 Å². The van der Waals surface area contributed by atoms with Crippen molar-refractivity contribution < 1.29 is 8.42 Å². The second-order valence-electron chi connectivity index (χ2n) is 5.62. The summed E-state index contributed by atoms with van der Waals surface area (Å²) in [5.41, 5.74) is 0.642. The molecule has 122 valence electrons. The van der Waals surface area contributed by atoms with Crippen molar-refractivity contribution in [2.24, 2.45) is 0 Å². The number of rotatable bonds is 4. The van der Waals surface area contributed by atoms with Gasteiger partial charge in [-0.1, -0.05) is 11.6 Å². The van der Waals surface area contributed by atoms with Crippen LogP contribution in [-0.4, -0.2) is 61.2 Å². The molecule has 1 aromatic heterocycles. The fourth-order valence-electron chi connectivity index (χ4n) is 3.13. The molecule has 0 saturated carbocycles. The minimum absolute atomic E-state index is 0.346. The number of halogens is 1. The predicted molar refractivity (Wildman–Crippen MR) is 86.9 cm³/mol. The van der Waals surface area contributed by atoms with Gasteiger partial charge in [0, 0.05) is 33.2 Å². The van der Waals surface area contributed by atoms with Gasteiger partial charge in [0.1, 0.15) is 12.0 Å². The molecule has 2 aliphatic rings. The zero-order valence-corrected chi connectivity index (χ0v) is 14.1. The summed E-state index contributed by atoms with van der Waals surface area (Å²) < 4.78 is 26.9. The van der Waals surface area contributed by atoms with Gasteiger partial charge in [-0.2, -0.15) is 0 Å². The topological polar surface area (TPSA) is 78.4 Å². The third-order valence-corrected chi connectivity index (χ3v) is 6.92. The van der Waals surface area contributed by atoms with E-state index in [1.165, 1.54) is 6.33 Å². The molecule has 0 aliphatic carbocycles. The van der Waals surface area contributed by atoms with Gasteiger partial charge in [0.15, 0.2) is 11.0 Å². The Kier molecular flexibility index (Phi) is 4.42. The van der Waals surface area contributed by atoms with E-state index in [1.807, 2.05) is 4.90 Å². The Morgan fingerprint density at radius 3 is 2.68 bits per heavy atom. The number of hydrogen-bond donors (Lipinski definition) is 1. The van der Waals surface area contributed by atoms with Gasteiger partial charge in [-0.15, -0.1) is 0 Å². The molecule has 1 unspecified atom stereocenters. The lowest BCUT2D eigenvalue weighted by Crippen LogP contribution is -2.38. The Labute approximate surface area is 135 Å². The molecule has 2 fully saturated rings. The third-order valence-electron chi connectivity index (χ3n) is 4.32. The van der Waals surface area contributed by atoms with E-state index in [-0.39, 0.29) is 5.25 Å². The maximum absolute atomic E-state index is 12.7. The highest BCUT2D eigenvalue weighted by molar-refractivity contribution is 7.89. The molecule has 1 aromatic rings. The summed E-state index contributed by atoms with van der Waals surface area (Å²) in [5.74, 6) is 0.668. The molecule has 9 heteroatoms. The Hall–Kier alpha value is -1.12. The highest BCUT2D eigenvalue weighted by Gasteiger charge is 2.39. The van der Waals surface area contributed by atoms with Crippen LogP contribution in [0.15, 0.2) is 6.33 Å². The van der Waals surface area contributed by atoms with Crippen LogP contribution in [0.1, 0.15) is 19.3 Å². The Balaban J connectivity index is 1.79. The van der Waals surface area contributed by atoms with E-state index in [1.54, 1.807) is 11.4 Å². The van der Waals surface area contributed by atoms with Crippen LogP contribution in [0.3, 0.4) is 0 Å². The highest BCUT2D eigenvalue weighted by atomic mass is 35.5. The molecule has 7 nitrogen and oxygen atoms in total. The maximum Gasteiger partial charge on any atom is 0.218 e. The number of anilines is 2. The van der Waals surface area contributed by atoms with Crippen molar-refractivity contribution in [3.05, 3.63) is 11.5 Å². The van der Waals surface area contributed by atoms with Crippen molar-refractivity contribution in [3.8, 4) is 0 Å². The standard InChI is InChI=1S/C13H20ClN5O2S/c1-15-11-12(14)16-9-17-13(11)18-7-4-10(8-18)22(20,21)19-5-2-3-6-19/h9-10,15H,2-8H2,1H3. The van der Waals surface area contributed by atoms with E-state index in [0.29, 0.717) is 49.3 Å². The third kappa shape index (κ3) is 2.75. The normalized spacial score (nSPS) is 23.2. The average Bonchev–Trinajstić information content (AvgIpc) is 3.19. The van der Waals surface area contributed by atoms with Crippen molar-refractivity contribution in [2.45, 2.75) is 24.5 Å². The van der Waals surface area contributed by atoms with E-state index in [0.717, 1.165) is 12.8 Å². The molecule has 0 spiro atoms. The smallest absolute Gasteiger partial charge is 0.218 e. The van der Waals surface area contributed by atoms with Gasteiger partial charge in [-0.25, -0.2) is 22.7 Å². The van der Waals surface area contributed by atoms with Crippen LogP contribution in [0.25, 0.3) is 0 Å². The summed E-state index contributed by atoms with van der Waals surface area (Å²) in [7, 11) is -1.46. The SMILES string of the molecule is CNc1c(Cl)ncnc1N1CCC(S(=O)(=O)N2CCCC2)C1. The highest BCUT2D eigenvalue weighted by Crippen LogP contribution is 2.33. The average molecular weight is 346 g/mol. The van der Waals surface area contributed by atoms with Crippen molar-refractivity contribution in [1.29, 1.82) is 0 Å². The van der Waals surface area contributed by atoms with Crippen molar-refractivity contribution in [3.63, 3.8) is 0 Å². The first-order valence-electron chi connectivity index (χ1n) is 7.46. The molecule has 0 aromatic carbocycles. The first-order valence-corrected chi connectivity index (χ1v) is 9.34. The fraction of sp³-hybridized carbons (Fsp3) is 0.692. The van der Waals surface area contributed by atoms with Gasteiger partial charge in [-0.05, 0) is 19.3 Å². The molecule has 0 bridgehead atoms. The monoisotopic (exact) mass is 345 g/mol. The predicted octanol–water partition coefficient (Wildman–Crippen LogP) is 1.18. The first kappa shape index (κ1) is 15.8. The molecule has 1 N–H and O–H groups in total. The molecule has 2 saturated heterocycles. The number of sulfonamides is 1. The van der Waals surface area contributed by atoms with Crippen LogP contribution in [0.2, 0.25) is 5.15 Å². The van der Waals surface area contributed by atoms with E-state index < -0.39 is 10.0 Å². The van der Waals surface area contributed by atoms with E-state index in [9.17, 15) is 8.42 Å². The Bertz CT molecular complexity index is 648. The second kappa shape index (κ2) is 6.17. The van der Waals surface area contributed by atoms with Crippen molar-refractivity contribution in [1.82, 2.24) is 14.3 Å². The molecule has 2 aliphatic heterocycles. The second-order valence-corrected chi connectivity index (χ2v) is 8.19. The zero-order chi connectivity index (χ0) is 15.7. The van der Waals surface area contributed by atoms with Gasteiger partial charge in [0.05, 0.1) is 5.25 Å². The summed E-state index contributed by atoms with van der Waals surface area (Å²) in [5, 5.41) is 2.97. The summed E-state index contributed by atoms with van der Waals surface area (Å²) in [6, 6.07) is 0. The molecule has 3 rings (SSSR count). The number of aromatic nitrogens is 2. The van der Waals surface area contributed by atoms with Gasteiger partial charge in [-0.3, -0.25) is 0 Å². The number of hydrogen-bond acceptors (Lipinski definition) is 6. The minimum atomic E-state index is -3.21. The van der Waals surface area contributed by atoms with Crippen molar-refractivity contribution in [2.75, 3.05) is 43.4 Å². The Morgan fingerprint density at radius 2 is 2.00 bits per heavy atom. The maximum atomic E-state index is 12.7. The lowest BCUT2D eigenvalue weighted by Gasteiger charge is -2.23. The lowest BCUT2D eigenvalue weighted by atomic mass is 10.4. The summed E-state index contributed by atoms with van der Waals surface area (Å²) in [6.07, 6.45) is 3.94. The van der Waals surface area contributed by atoms with Crippen LogP contribution >= 0.6 is 11.6 Å². The van der Waals surface area contributed by atoms with Crippen LogP contribution in [0.5, 0.6) is 0 Å². The van der Waals surface area contributed by atoms with Gasteiger partial charge < -0.3 is 10.2 Å². The van der Waals surface area contributed by atoms with Crippen LogP contribution < -0.4 is 10.2 Å². The molecule has 1 atom stereocenters. The van der Waals surface area contributed by atoms with E-state index in [4.69, 9.17) is 11.6 Å². The largest absolute Gasteiger partial charge is 0.383 e. The molecule has 0 amide bonds.